The van der Waals surface area contributed by atoms with Crippen molar-refractivity contribution in [3.63, 3.8) is 0 Å². The molecule has 0 aliphatic carbocycles. The van der Waals surface area contributed by atoms with E-state index in [-0.39, 0.29) is 24.1 Å². The Morgan fingerprint density at radius 3 is 2.71 bits per heavy atom. The molecule has 7 heteroatoms. The lowest BCUT2D eigenvalue weighted by molar-refractivity contribution is -0.132. The van der Waals surface area contributed by atoms with E-state index in [1.807, 2.05) is 37.3 Å². The molecule has 0 bridgehead atoms. The average molecular weight is 325 g/mol. The maximum Gasteiger partial charge on any atom is 0.264 e. The molecule has 2 heterocycles. The number of carbonyl (C=O) groups excluding carboxylic acids is 1. The molecule has 1 aromatic carbocycles. The number of rotatable bonds is 4. The van der Waals surface area contributed by atoms with Crippen LogP contribution >= 0.6 is 0 Å². The molecule has 0 fully saturated rings. The Kier molecular flexibility index (Phi) is 4.16. The first-order chi connectivity index (χ1) is 11.5. The standard InChI is InChI=1S/C17H19N5O2/c1-12(13-7-5-4-6-8-13)20(2)15(23)10-22-11-18-16-14(17(22)24)9-19-21(16)3/h4-9,11-12H,10H2,1-3H3. The number of likely N-dealkylation sites (N-methyl/N-ethyl adjacent to an activating group) is 1. The van der Waals surface area contributed by atoms with Gasteiger partial charge in [-0.3, -0.25) is 18.8 Å². The molecule has 124 valence electrons. The predicted molar refractivity (Wildman–Crippen MR) is 90.4 cm³/mol. The van der Waals surface area contributed by atoms with Crippen LogP contribution in [0.1, 0.15) is 18.5 Å². The summed E-state index contributed by atoms with van der Waals surface area (Å²) in [7, 11) is 3.46. The first kappa shape index (κ1) is 15.9. The molecule has 0 aliphatic heterocycles. The molecule has 7 nitrogen and oxygen atoms in total. The molecule has 0 N–H and O–H groups in total. The van der Waals surface area contributed by atoms with Gasteiger partial charge in [-0.15, -0.1) is 0 Å². The van der Waals surface area contributed by atoms with Crippen molar-refractivity contribution in [1.82, 2.24) is 24.2 Å². The number of amides is 1. The topological polar surface area (TPSA) is 73.0 Å². The Bertz CT molecular complexity index is 929. The summed E-state index contributed by atoms with van der Waals surface area (Å²) in [4.78, 5) is 30.8. The monoisotopic (exact) mass is 325 g/mol. The van der Waals surface area contributed by atoms with Crippen LogP contribution in [0.5, 0.6) is 0 Å². The van der Waals surface area contributed by atoms with Gasteiger partial charge in [0.25, 0.3) is 5.56 Å². The summed E-state index contributed by atoms with van der Waals surface area (Å²) >= 11 is 0. The first-order valence-electron chi connectivity index (χ1n) is 7.67. The van der Waals surface area contributed by atoms with Crippen molar-refractivity contribution in [3.8, 4) is 0 Å². The van der Waals surface area contributed by atoms with E-state index >= 15 is 0 Å². The van der Waals surface area contributed by atoms with E-state index in [9.17, 15) is 9.59 Å². The SMILES string of the molecule is CC(c1ccccc1)N(C)C(=O)Cn1cnc2c(cnn2C)c1=O. The largest absolute Gasteiger partial charge is 0.337 e. The van der Waals surface area contributed by atoms with Gasteiger partial charge in [-0.1, -0.05) is 30.3 Å². The van der Waals surface area contributed by atoms with E-state index in [0.717, 1.165) is 5.56 Å². The van der Waals surface area contributed by atoms with E-state index in [1.54, 1.807) is 19.0 Å². The molecule has 0 saturated carbocycles. The van der Waals surface area contributed by atoms with Crippen LogP contribution < -0.4 is 5.56 Å². The third kappa shape index (κ3) is 2.80. The smallest absolute Gasteiger partial charge is 0.264 e. The van der Waals surface area contributed by atoms with Crippen molar-refractivity contribution in [2.24, 2.45) is 7.05 Å². The Balaban J connectivity index is 1.82. The Hall–Kier alpha value is -2.96. The number of carbonyl (C=O) groups is 1. The summed E-state index contributed by atoms with van der Waals surface area (Å²) in [6.45, 7) is 1.91. The molecule has 0 aliphatic rings. The number of hydrogen-bond acceptors (Lipinski definition) is 4. The number of hydrogen-bond donors (Lipinski definition) is 0. The fourth-order valence-corrected chi connectivity index (χ4v) is 2.61. The summed E-state index contributed by atoms with van der Waals surface area (Å²) in [6.07, 6.45) is 2.87. The van der Waals surface area contributed by atoms with E-state index in [1.165, 1.54) is 21.8 Å². The van der Waals surface area contributed by atoms with Crippen LogP contribution in [0.25, 0.3) is 11.0 Å². The quantitative estimate of drug-likeness (QED) is 0.726. The normalized spacial score (nSPS) is 12.3. The second-order valence-electron chi connectivity index (χ2n) is 5.77. The highest BCUT2D eigenvalue weighted by Gasteiger charge is 2.18. The number of aryl methyl sites for hydroxylation is 1. The van der Waals surface area contributed by atoms with Crippen LogP contribution in [-0.2, 0) is 18.4 Å². The number of nitrogens with zero attached hydrogens (tertiary/aromatic N) is 5. The van der Waals surface area contributed by atoms with E-state index < -0.39 is 0 Å². The number of aromatic nitrogens is 4. The van der Waals surface area contributed by atoms with Crippen LogP contribution in [0.2, 0.25) is 0 Å². The highest BCUT2D eigenvalue weighted by Crippen LogP contribution is 2.18. The molecular weight excluding hydrogens is 306 g/mol. The maximum atomic E-state index is 12.5. The first-order valence-corrected chi connectivity index (χ1v) is 7.67. The minimum absolute atomic E-state index is 0.0512. The zero-order valence-electron chi connectivity index (χ0n) is 13.9. The lowest BCUT2D eigenvalue weighted by Gasteiger charge is -2.25. The highest BCUT2D eigenvalue weighted by molar-refractivity contribution is 5.77. The van der Waals surface area contributed by atoms with Crippen molar-refractivity contribution in [1.29, 1.82) is 0 Å². The third-order valence-electron chi connectivity index (χ3n) is 4.28. The zero-order valence-corrected chi connectivity index (χ0v) is 13.9. The molecule has 1 atom stereocenters. The molecule has 0 saturated heterocycles. The van der Waals surface area contributed by atoms with Gasteiger partial charge in [0, 0.05) is 14.1 Å². The molecule has 1 unspecified atom stereocenters. The average Bonchev–Trinajstić information content (AvgIpc) is 2.98. The lowest BCUT2D eigenvalue weighted by atomic mass is 10.1. The van der Waals surface area contributed by atoms with Crippen LogP contribution in [0.4, 0.5) is 0 Å². The minimum Gasteiger partial charge on any atom is -0.337 e. The summed E-state index contributed by atoms with van der Waals surface area (Å²) in [5.74, 6) is -0.154. The van der Waals surface area contributed by atoms with E-state index in [2.05, 4.69) is 10.1 Å². The van der Waals surface area contributed by atoms with Gasteiger partial charge in [0.1, 0.15) is 18.3 Å². The summed E-state index contributed by atoms with van der Waals surface area (Å²) < 4.78 is 2.85. The highest BCUT2D eigenvalue weighted by atomic mass is 16.2. The third-order valence-corrected chi connectivity index (χ3v) is 4.28. The second-order valence-corrected chi connectivity index (χ2v) is 5.77. The van der Waals surface area contributed by atoms with E-state index in [0.29, 0.717) is 11.0 Å². The molecule has 3 aromatic rings. The van der Waals surface area contributed by atoms with Gasteiger partial charge in [0.05, 0.1) is 12.2 Å². The minimum atomic E-state index is -0.262. The van der Waals surface area contributed by atoms with Crippen molar-refractivity contribution < 1.29 is 4.79 Å². The van der Waals surface area contributed by atoms with Crippen molar-refractivity contribution in [3.05, 3.63) is 58.8 Å². The number of fused-ring (bicyclic) bond motifs is 1. The van der Waals surface area contributed by atoms with Gasteiger partial charge >= 0.3 is 0 Å². The van der Waals surface area contributed by atoms with Gasteiger partial charge in [0.2, 0.25) is 5.91 Å². The number of benzene rings is 1. The molecule has 0 radical (unpaired) electrons. The van der Waals surface area contributed by atoms with Crippen molar-refractivity contribution in [2.45, 2.75) is 19.5 Å². The fraction of sp³-hybridized carbons (Fsp3) is 0.294. The second kappa shape index (κ2) is 6.27. The summed E-state index contributed by atoms with van der Waals surface area (Å²) in [6, 6.07) is 9.69. The molecule has 3 rings (SSSR count). The van der Waals surface area contributed by atoms with Crippen molar-refractivity contribution >= 4 is 16.9 Å². The summed E-state index contributed by atoms with van der Waals surface area (Å²) in [5.41, 5.74) is 1.29. The molecule has 24 heavy (non-hydrogen) atoms. The Labute approximate surface area is 139 Å². The summed E-state index contributed by atoms with van der Waals surface area (Å²) in [5, 5.41) is 4.43. The molecular formula is C17H19N5O2. The van der Waals surface area contributed by atoms with Crippen LogP contribution in [0.3, 0.4) is 0 Å². The Morgan fingerprint density at radius 2 is 2.00 bits per heavy atom. The van der Waals surface area contributed by atoms with Gasteiger partial charge < -0.3 is 4.90 Å². The molecule has 0 spiro atoms. The predicted octanol–water partition coefficient (Wildman–Crippen LogP) is 1.35. The van der Waals surface area contributed by atoms with Gasteiger partial charge in [-0.25, -0.2) is 4.98 Å². The Morgan fingerprint density at radius 1 is 1.29 bits per heavy atom. The maximum absolute atomic E-state index is 12.5. The van der Waals surface area contributed by atoms with Crippen LogP contribution in [-0.4, -0.2) is 37.2 Å². The van der Waals surface area contributed by atoms with Crippen LogP contribution in [0, 0.1) is 0 Å². The molecule has 1 amide bonds. The van der Waals surface area contributed by atoms with Gasteiger partial charge in [0.15, 0.2) is 5.65 Å². The van der Waals surface area contributed by atoms with E-state index in [4.69, 9.17) is 0 Å². The fourth-order valence-electron chi connectivity index (χ4n) is 2.61. The molecule has 2 aromatic heterocycles. The lowest BCUT2D eigenvalue weighted by Crippen LogP contribution is -2.35. The van der Waals surface area contributed by atoms with Crippen LogP contribution in [0.15, 0.2) is 47.7 Å². The van der Waals surface area contributed by atoms with Crippen molar-refractivity contribution in [2.75, 3.05) is 7.05 Å². The van der Waals surface area contributed by atoms with Gasteiger partial charge in [-0.05, 0) is 12.5 Å². The van der Waals surface area contributed by atoms with Gasteiger partial charge in [-0.2, -0.15) is 5.10 Å². The zero-order chi connectivity index (χ0) is 17.3.